The molecule has 2 aromatic carbocycles. The summed E-state index contributed by atoms with van der Waals surface area (Å²) in [5, 5.41) is 4.39. The predicted molar refractivity (Wildman–Crippen MR) is 87.3 cm³/mol. The molecule has 0 heterocycles. The summed E-state index contributed by atoms with van der Waals surface area (Å²) in [4.78, 5) is 0. The fourth-order valence-electron chi connectivity index (χ4n) is 2.40. The molecule has 0 radical (unpaired) electrons. The Kier molecular flexibility index (Phi) is 5.63. The van der Waals surface area contributed by atoms with Gasteiger partial charge in [-0.15, -0.1) is 0 Å². The van der Waals surface area contributed by atoms with Gasteiger partial charge in [-0.05, 0) is 43.0 Å². The minimum absolute atomic E-state index is 0.284. The lowest BCUT2D eigenvalue weighted by Gasteiger charge is -2.18. The van der Waals surface area contributed by atoms with E-state index in [0.717, 1.165) is 18.0 Å². The molecule has 0 spiro atoms. The van der Waals surface area contributed by atoms with E-state index in [4.69, 9.17) is 11.6 Å². The Hall–Kier alpha value is -1.31. The number of rotatable bonds is 6. The van der Waals surface area contributed by atoms with E-state index in [-0.39, 0.29) is 6.04 Å². The average Bonchev–Trinajstić information content (AvgIpc) is 2.48. The van der Waals surface area contributed by atoms with E-state index in [9.17, 15) is 0 Å². The Morgan fingerprint density at radius 2 is 1.60 bits per heavy atom. The first-order chi connectivity index (χ1) is 9.68. The summed E-state index contributed by atoms with van der Waals surface area (Å²) in [6.45, 7) is 5.42. The maximum atomic E-state index is 6.22. The van der Waals surface area contributed by atoms with Gasteiger partial charge in [0.05, 0.1) is 0 Å². The van der Waals surface area contributed by atoms with Gasteiger partial charge in [0.1, 0.15) is 0 Å². The average molecular weight is 288 g/mol. The molecule has 2 rings (SSSR count). The molecule has 0 aromatic heterocycles. The molecule has 2 atom stereocenters. The molecule has 1 nitrogen and oxygen atoms in total. The molecular formula is C18H22ClN. The highest BCUT2D eigenvalue weighted by Crippen LogP contribution is 2.23. The van der Waals surface area contributed by atoms with Crippen molar-refractivity contribution in [3.63, 3.8) is 0 Å². The highest BCUT2D eigenvalue weighted by molar-refractivity contribution is 6.31. The fourth-order valence-corrected chi connectivity index (χ4v) is 2.70. The zero-order valence-corrected chi connectivity index (χ0v) is 12.9. The van der Waals surface area contributed by atoms with Crippen molar-refractivity contribution in [1.29, 1.82) is 0 Å². The van der Waals surface area contributed by atoms with E-state index in [0.29, 0.717) is 5.92 Å². The van der Waals surface area contributed by atoms with Crippen LogP contribution in [0, 0.1) is 0 Å². The molecule has 0 aliphatic carbocycles. The molecular weight excluding hydrogens is 266 g/mol. The van der Waals surface area contributed by atoms with E-state index in [1.807, 2.05) is 18.2 Å². The van der Waals surface area contributed by atoms with E-state index < -0.39 is 0 Å². The number of halogens is 1. The number of nitrogens with one attached hydrogen (secondary N) is 1. The minimum Gasteiger partial charge on any atom is -0.310 e. The van der Waals surface area contributed by atoms with Gasteiger partial charge >= 0.3 is 0 Å². The van der Waals surface area contributed by atoms with Crippen LogP contribution in [0.2, 0.25) is 5.02 Å². The predicted octanol–water partition coefficient (Wildman–Crippen LogP) is 5.18. The van der Waals surface area contributed by atoms with Crippen molar-refractivity contribution in [3.8, 4) is 0 Å². The van der Waals surface area contributed by atoms with E-state index >= 15 is 0 Å². The topological polar surface area (TPSA) is 12.0 Å². The van der Waals surface area contributed by atoms with Crippen molar-refractivity contribution < 1.29 is 0 Å². The Balaban J connectivity index is 1.83. The summed E-state index contributed by atoms with van der Waals surface area (Å²) in [5.74, 6) is 0.571. The van der Waals surface area contributed by atoms with Gasteiger partial charge in [0.2, 0.25) is 0 Å². The third-order valence-electron chi connectivity index (χ3n) is 3.77. The van der Waals surface area contributed by atoms with Crippen LogP contribution in [0.5, 0.6) is 0 Å². The number of hydrogen-bond acceptors (Lipinski definition) is 1. The highest BCUT2D eigenvalue weighted by atomic mass is 35.5. The third kappa shape index (κ3) is 4.09. The maximum Gasteiger partial charge on any atom is 0.0453 e. The lowest BCUT2D eigenvalue weighted by atomic mass is 9.97. The number of benzene rings is 2. The normalized spacial score (nSPS) is 13.9. The Bertz CT molecular complexity index is 524. The summed E-state index contributed by atoms with van der Waals surface area (Å²) >= 11 is 6.22. The Morgan fingerprint density at radius 3 is 2.30 bits per heavy atom. The molecule has 1 N–H and O–H groups in total. The monoisotopic (exact) mass is 287 g/mol. The van der Waals surface area contributed by atoms with Gasteiger partial charge in [0.15, 0.2) is 0 Å². The van der Waals surface area contributed by atoms with Crippen molar-refractivity contribution in [2.75, 3.05) is 6.54 Å². The van der Waals surface area contributed by atoms with Crippen molar-refractivity contribution in [1.82, 2.24) is 5.32 Å². The van der Waals surface area contributed by atoms with Crippen LogP contribution >= 0.6 is 11.6 Å². The third-order valence-corrected chi connectivity index (χ3v) is 4.11. The van der Waals surface area contributed by atoms with Gasteiger partial charge in [-0.2, -0.15) is 0 Å². The van der Waals surface area contributed by atoms with Crippen molar-refractivity contribution in [2.45, 2.75) is 32.2 Å². The second-order valence-corrected chi connectivity index (χ2v) is 5.70. The van der Waals surface area contributed by atoms with Crippen LogP contribution in [0.4, 0.5) is 0 Å². The first kappa shape index (κ1) is 15.1. The van der Waals surface area contributed by atoms with Crippen LogP contribution in [0.25, 0.3) is 0 Å². The first-order valence-corrected chi connectivity index (χ1v) is 7.59. The molecule has 2 unspecified atom stereocenters. The van der Waals surface area contributed by atoms with Gasteiger partial charge in [-0.1, -0.05) is 67.1 Å². The summed E-state index contributed by atoms with van der Waals surface area (Å²) in [7, 11) is 0. The number of hydrogen-bond donors (Lipinski definition) is 1. The van der Waals surface area contributed by atoms with Crippen LogP contribution in [0.3, 0.4) is 0 Å². The van der Waals surface area contributed by atoms with Gasteiger partial charge in [-0.3, -0.25) is 0 Å². The lowest BCUT2D eigenvalue weighted by molar-refractivity contribution is 0.531. The lowest BCUT2D eigenvalue weighted by Crippen LogP contribution is -2.21. The van der Waals surface area contributed by atoms with Crippen LogP contribution < -0.4 is 5.32 Å². The van der Waals surface area contributed by atoms with Gasteiger partial charge in [0.25, 0.3) is 0 Å². The smallest absolute Gasteiger partial charge is 0.0453 e. The van der Waals surface area contributed by atoms with Crippen molar-refractivity contribution in [2.24, 2.45) is 0 Å². The fraction of sp³-hybridized carbons (Fsp3) is 0.333. The SMILES string of the molecule is CC(CCNC(C)c1ccccc1Cl)c1ccccc1. The molecule has 0 bridgehead atoms. The van der Waals surface area contributed by atoms with Gasteiger partial charge in [-0.25, -0.2) is 0 Å². The molecule has 2 heteroatoms. The van der Waals surface area contributed by atoms with E-state index in [1.54, 1.807) is 0 Å². The van der Waals surface area contributed by atoms with Gasteiger partial charge < -0.3 is 5.32 Å². The zero-order valence-electron chi connectivity index (χ0n) is 12.1. The minimum atomic E-state index is 0.284. The standard InChI is InChI=1S/C18H22ClN/c1-14(16-8-4-3-5-9-16)12-13-20-15(2)17-10-6-7-11-18(17)19/h3-11,14-15,20H,12-13H2,1-2H3. The summed E-state index contributed by atoms with van der Waals surface area (Å²) in [6.07, 6.45) is 1.12. The zero-order chi connectivity index (χ0) is 14.4. The molecule has 0 saturated heterocycles. The van der Waals surface area contributed by atoms with Crippen LogP contribution in [0.1, 0.15) is 43.4 Å². The summed E-state index contributed by atoms with van der Waals surface area (Å²) in [6, 6.07) is 19.0. The summed E-state index contributed by atoms with van der Waals surface area (Å²) < 4.78 is 0. The molecule has 0 amide bonds. The second kappa shape index (κ2) is 7.47. The van der Waals surface area contributed by atoms with Gasteiger partial charge in [0, 0.05) is 11.1 Å². The Morgan fingerprint density at radius 1 is 0.950 bits per heavy atom. The molecule has 20 heavy (non-hydrogen) atoms. The van der Waals surface area contributed by atoms with E-state index in [1.165, 1.54) is 11.1 Å². The Labute approximate surface area is 127 Å². The van der Waals surface area contributed by atoms with Crippen molar-refractivity contribution >= 4 is 11.6 Å². The molecule has 2 aromatic rings. The quantitative estimate of drug-likeness (QED) is 0.771. The molecule has 0 saturated carbocycles. The van der Waals surface area contributed by atoms with Crippen molar-refractivity contribution in [3.05, 3.63) is 70.7 Å². The first-order valence-electron chi connectivity index (χ1n) is 7.21. The maximum absolute atomic E-state index is 6.22. The molecule has 0 aliphatic heterocycles. The molecule has 106 valence electrons. The summed E-state index contributed by atoms with van der Waals surface area (Å²) in [5.41, 5.74) is 2.57. The largest absolute Gasteiger partial charge is 0.310 e. The van der Waals surface area contributed by atoms with Crippen LogP contribution in [0.15, 0.2) is 54.6 Å². The van der Waals surface area contributed by atoms with Crippen LogP contribution in [-0.2, 0) is 0 Å². The molecule has 0 fully saturated rings. The molecule has 0 aliphatic rings. The van der Waals surface area contributed by atoms with Crippen LogP contribution in [-0.4, -0.2) is 6.54 Å². The van der Waals surface area contributed by atoms with E-state index in [2.05, 4.69) is 55.6 Å². The highest BCUT2D eigenvalue weighted by Gasteiger charge is 2.09. The second-order valence-electron chi connectivity index (χ2n) is 5.30.